The molecule has 1 unspecified atom stereocenters. The molecule has 0 rings (SSSR count). The zero-order valence-electron chi connectivity index (χ0n) is 20.6. The van der Waals surface area contributed by atoms with Gasteiger partial charge in [0.1, 0.15) is 0 Å². The summed E-state index contributed by atoms with van der Waals surface area (Å²) in [5, 5.41) is 0. The lowest BCUT2D eigenvalue weighted by molar-refractivity contribution is -0.235. The molecule has 0 heterocycles. The summed E-state index contributed by atoms with van der Waals surface area (Å²) in [5.41, 5.74) is 5.83. The van der Waals surface area contributed by atoms with E-state index in [2.05, 4.69) is 13.8 Å². The van der Waals surface area contributed by atoms with E-state index in [-0.39, 0.29) is 0 Å². The Morgan fingerprint density at radius 1 is 0.633 bits per heavy atom. The highest BCUT2D eigenvalue weighted by atomic mass is 28.4. The van der Waals surface area contributed by atoms with Gasteiger partial charge in [0.25, 0.3) is 0 Å². The zero-order chi connectivity index (χ0) is 22.6. The number of rotatable bonds is 23. The number of hydrogen-bond acceptors (Lipinski definition) is 6. The smallest absolute Gasteiger partial charge is 0.351 e. The van der Waals surface area contributed by atoms with Gasteiger partial charge in [-0.25, -0.2) is 0 Å². The molecule has 6 nitrogen and oxygen atoms in total. The summed E-state index contributed by atoms with van der Waals surface area (Å²) in [7, 11) is -3.32. The van der Waals surface area contributed by atoms with Gasteiger partial charge in [0, 0.05) is 39.3 Å². The van der Waals surface area contributed by atoms with Crippen molar-refractivity contribution in [2.75, 3.05) is 33.0 Å². The second kappa shape index (κ2) is 19.6. The van der Waals surface area contributed by atoms with Gasteiger partial charge in [0.15, 0.2) is 5.79 Å². The maximum atomic E-state index is 6.65. The van der Waals surface area contributed by atoms with Crippen molar-refractivity contribution in [1.29, 1.82) is 0 Å². The summed E-state index contributed by atoms with van der Waals surface area (Å²) in [6.45, 7) is 13.1. The first-order chi connectivity index (χ1) is 14.6. The molecule has 0 saturated heterocycles. The SMILES string of the molecule is CCCCCCCO[Si](OCC)(OCC)OC(CCCN)(CCCCCC)OCC. The molecule has 30 heavy (non-hydrogen) atoms. The summed E-state index contributed by atoms with van der Waals surface area (Å²) in [5.74, 6) is -0.763. The molecule has 2 N–H and O–H groups in total. The minimum atomic E-state index is -3.32. The van der Waals surface area contributed by atoms with Crippen LogP contribution in [0.4, 0.5) is 0 Å². The summed E-state index contributed by atoms with van der Waals surface area (Å²) >= 11 is 0. The first-order valence-electron chi connectivity index (χ1n) is 12.5. The predicted octanol–water partition coefficient (Wildman–Crippen LogP) is 5.94. The summed E-state index contributed by atoms with van der Waals surface area (Å²) in [6, 6.07) is 0. The van der Waals surface area contributed by atoms with Gasteiger partial charge >= 0.3 is 9.05 Å². The lowest BCUT2D eigenvalue weighted by Crippen LogP contribution is -2.57. The van der Waals surface area contributed by atoms with Crippen LogP contribution >= 0.6 is 0 Å². The monoisotopic (exact) mass is 449 g/mol. The fourth-order valence-electron chi connectivity index (χ4n) is 3.55. The molecule has 1 atom stereocenters. The topological polar surface area (TPSA) is 72.2 Å². The Balaban J connectivity index is 5.34. The van der Waals surface area contributed by atoms with Gasteiger partial charge in [0.05, 0.1) is 0 Å². The second-order valence-electron chi connectivity index (χ2n) is 7.78. The van der Waals surface area contributed by atoms with Crippen molar-refractivity contribution in [1.82, 2.24) is 0 Å². The molecule has 182 valence electrons. The molecule has 0 amide bonds. The largest absolute Gasteiger partial charge is 0.681 e. The third-order valence-electron chi connectivity index (χ3n) is 5.06. The van der Waals surface area contributed by atoms with Gasteiger partial charge in [-0.1, -0.05) is 58.8 Å². The van der Waals surface area contributed by atoms with E-state index in [1.165, 1.54) is 32.1 Å². The zero-order valence-corrected chi connectivity index (χ0v) is 21.6. The highest BCUT2D eigenvalue weighted by Gasteiger charge is 2.52. The third-order valence-corrected chi connectivity index (χ3v) is 7.52. The van der Waals surface area contributed by atoms with Gasteiger partial charge in [0.2, 0.25) is 0 Å². The van der Waals surface area contributed by atoms with E-state index in [0.29, 0.717) is 33.0 Å². The Kier molecular flexibility index (Phi) is 19.6. The Morgan fingerprint density at radius 2 is 1.20 bits per heavy atom. The molecule has 0 aromatic carbocycles. The van der Waals surface area contributed by atoms with E-state index < -0.39 is 14.8 Å². The number of ether oxygens (including phenoxy) is 1. The van der Waals surface area contributed by atoms with Crippen molar-refractivity contribution in [2.24, 2.45) is 5.73 Å². The van der Waals surface area contributed by atoms with Crippen molar-refractivity contribution in [3.63, 3.8) is 0 Å². The van der Waals surface area contributed by atoms with E-state index >= 15 is 0 Å². The van der Waals surface area contributed by atoms with Gasteiger partial charge < -0.3 is 28.2 Å². The van der Waals surface area contributed by atoms with Gasteiger partial charge in [-0.05, 0) is 46.6 Å². The van der Waals surface area contributed by atoms with Crippen LogP contribution < -0.4 is 5.73 Å². The molecule has 0 aliphatic rings. The predicted molar refractivity (Wildman–Crippen MR) is 126 cm³/mol. The number of nitrogens with two attached hydrogens (primary N) is 1. The molecular formula is C23H51NO5Si. The Morgan fingerprint density at radius 3 is 1.73 bits per heavy atom. The Bertz CT molecular complexity index is 370. The fourth-order valence-corrected chi connectivity index (χ4v) is 5.80. The van der Waals surface area contributed by atoms with E-state index in [9.17, 15) is 0 Å². The molecule has 0 aliphatic carbocycles. The van der Waals surface area contributed by atoms with Gasteiger partial charge in [-0.15, -0.1) is 0 Å². The van der Waals surface area contributed by atoms with Crippen molar-refractivity contribution in [2.45, 2.75) is 117 Å². The Hall–Kier alpha value is -0.0231. The van der Waals surface area contributed by atoms with Gasteiger partial charge in [-0.3, -0.25) is 0 Å². The average molecular weight is 450 g/mol. The normalized spacial score (nSPS) is 14.2. The van der Waals surface area contributed by atoms with Crippen molar-refractivity contribution >= 4 is 9.05 Å². The molecule has 0 spiro atoms. The van der Waals surface area contributed by atoms with Crippen LogP contribution in [0.25, 0.3) is 0 Å². The lowest BCUT2D eigenvalue weighted by atomic mass is 10.0. The summed E-state index contributed by atoms with van der Waals surface area (Å²) in [6.07, 6.45) is 12.8. The first-order valence-corrected chi connectivity index (χ1v) is 14.2. The molecule has 0 saturated carbocycles. The molecular weight excluding hydrogens is 398 g/mol. The standard InChI is InChI=1S/C23H51NO5Si/c1-6-11-13-15-17-22-28-30(26-9-4,27-10-5)29-23(25-8-3,20-18-21-24)19-16-14-12-7-2/h6-22,24H2,1-5H3. The Labute approximate surface area is 188 Å². The fraction of sp³-hybridized carbons (Fsp3) is 1.00. The maximum Gasteiger partial charge on any atom is 0.681 e. The van der Waals surface area contributed by atoms with E-state index in [1.807, 2.05) is 20.8 Å². The van der Waals surface area contributed by atoms with Crippen LogP contribution in [0.2, 0.25) is 0 Å². The maximum absolute atomic E-state index is 6.65. The quantitative estimate of drug-likeness (QED) is 0.118. The van der Waals surface area contributed by atoms with Crippen LogP contribution in [0.15, 0.2) is 0 Å². The molecule has 0 aromatic heterocycles. The minimum absolute atomic E-state index is 0.483. The number of hydrogen-bond donors (Lipinski definition) is 1. The van der Waals surface area contributed by atoms with Crippen LogP contribution in [0.5, 0.6) is 0 Å². The van der Waals surface area contributed by atoms with E-state index in [1.54, 1.807) is 0 Å². The highest BCUT2D eigenvalue weighted by molar-refractivity contribution is 6.53. The van der Waals surface area contributed by atoms with Gasteiger partial charge in [-0.2, -0.15) is 0 Å². The third kappa shape index (κ3) is 13.4. The van der Waals surface area contributed by atoms with Crippen LogP contribution in [0.3, 0.4) is 0 Å². The molecule has 0 radical (unpaired) electrons. The van der Waals surface area contributed by atoms with Crippen LogP contribution in [0, 0.1) is 0 Å². The first kappa shape index (κ1) is 30.0. The molecule has 0 aliphatic heterocycles. The van der Waals surface area contributed by atoms with E-state index in [4.69, 9.17) is 28.2 Å². The molecule has 7 heteroatoms. The summed E-state index contributed by atoms with van der Waals surface area (Å²) in [4.78, 5) is 0. The highest BCUT2D eigenvalue weighted by Crippen LogP contribution is 2.32. The molecule has 0 fully saturated rings. The van der Waals surface area contributed by atoms with Crippen molar-refractivity contribution in [3.05, 3.63) is 0 Å². The van der Waals surface area contributed by atoms with Crippen LogP contribution in [0.1, 0.15) is 112 Å². The average Bonchev–Trinajstić information content (AvgIpc) is 2.73. The van der Waals surface area contributed by atoms with Crippen LogP contribution in [-0.4, -0.2) is 47.8 Å². The van der Waals surface area contributed by atoms with Crippen molar-refractivity contribution in [3.8, 4) is 0 Å². The number of unbranched alkanes of at least 4 members (excludes halogenated alkanes) is 7. The summed E-state index contributed by atoms with van der Waals surface area (Å²) < 4.78 is 31.3. The van der Waals surface area contributed by atoms with Crippen molar-refractivity contribution < 1.29 is 22.4 Å². The molecule has 0 aromatic rings. The lowest BCUT2D eigenvalue weighted by Gasteiger charge is -2.40. The van der Waals surface area contributed by atoms with Crippen LogP contribution in [-0.2, 0) is 22.4 Å². The second-order valence-corrected chi connectivity index (χ2v) is 9.85. The minimum Gasteiger partial charge on any atom is -0.351 e. The molecule has 0 bridgehead atoms. The van der Waals surface area contributed by atoms with E-state index in [0.717, 1.165) is 44.9 Å².